The van der Waals surface area contributed by atoms with Crippen LogP contribution in [0.2, 0.25) is 0 Å². The second-order valence-electron chi connectivity index (χ2n) is 5.95. The number of sulfonamides is 2. The van der Waals surface area contributed by atoms with Gasteiger partial charge >= 0.3 is 0 Å². The Labute approximate surface area is 173 Å². The van der Waals surface area contributed by atoms with Crippen molar-refractivity contribution in [3.8, 4) is 0 Å². The van der Waals surface area contributed by atoms with Gasteiger partial charge < -0.3 is 5.32 Å². The normalized spacial score (nSPS) is 12.3. The molecule has 29 heavy (non-hydrogen) atoms. The van der Waals surface area contributed by atoms with Gasteiger partial charge in [0.15, 0.2) is 0 Å². The van der Waals surface area contributed by atoms with Crippen LogP contribution in [0.5, 0.6) is 0 Å². The average molecular weight is 464 g/mol. The van der Waals surface area contributed by atoms with Crippen LogP contribution in [0.1, 0.15) is 18.7 Å². The summed E-state index contributed by atoms with van der Waals surface area (Å²) in [6.07, 6.45) is 0. The molecule has 0 aliphatic carbocycles. The topological polar surface area (TPSA) is 113 Å². The van der Waals surface area contributed by atoms with Gasteiger partial charge in [-0.3, -0.25) is 4.79 Å². The van der Waals surface area contributed by atoms with E-state index in [4.69, 9.17) is 0 Å². The number of hydrogen-bond donors (Lipinski definition) is 2. The van der Waals surface area contributed by atoms with Gasteiger partial charge in [0.1, 0.15) is 10.0 Å². The highest BCUT2D eigenvalue weighted by Crippen LogP contribution is 2.31. The van der Waals surface area contributed by atoms with Crippen molar-refractivity contribution in [1.82, 2.24) is 9.03 Å². The first-order valence-corrected chi connectivity index (χ1v) is 12.4. The number of carbonyl (C=O) groups is 1. The Kier molecular flexibility index (Phi) is 7.51. The number of benzene rings is 1. The molecule has 1 amide bonds. The molecule has 0 aliphatic heterocycles. The standard InChI is InChI=1S/C17H22FN3O5S3/c1-4-21(5-2)29(25,26)17-10-15(12(3)27-17)20-16(22)11-19-28(23,24)14-8-6-13(18)7-9-14/h6-10,19H,4-5,11H2,1-3H3,(H,20,22). The van der Waals surface area contributed by atoms with Gasteiger partial charge in [-0.2, -0.15) is 4.31 Å². The maximum absolute atomic E-state index is 12.9. The molecule has 0 radical (unpaired) electrons. The molecule has 0 saturated carbocycles. The van der Waals surface area contributed by atoms with Crippen LogP contribution in [0.15, 0.2) is 39.4 Å². The molecule has 8 nitrogen and oxygen atoms in total. The Hall–Kier alpha value is -1.86. The van der Waals surface area contributed by atoms with Crippen molar-refractivity contribution in [3.63, 3.8) is 0 Å². The third-order valence-electron chi connectivity index (χ3n) is 4.02. The number of nitrogens with one attached hydrogen (secondary N) is 2. The van der Waals surface area contributed by atoms with E-state index < -0.39 is 38.3 Å². The van der Waals surface area contributed by atoms with E-state index in [1.54, 1.807) is 20.8 Å². The number of carbonyl (C=O) groups excluding carboxylic acids is 1. The molecule has 2 rings (SSSR count). The Morgan fingerprint density at radius 1 is 1.10 bits per heavy atom. The molecule has 0 fully saturated rings. The SMILES string of the molecule is CCN(CC)S(=O)(=O)c1cc(NC(=O)CNS(=O)(=O)c2ccc(F)cc2)c(C)s1. The summed E-state index contributed by atoms with van der Waals surface area (Å²) < 4.78 is 65.9. The molecule has 0 unspecified atom stereocenters. The van der Waals surface area contributed by atoms with Crippen molar-refractivity contribution in [3.05, 3.63) is 41.0 Å². The molecule has 0 saturated heterocycles. The van der Waals surface area contributed by atoms with Crippen LogP contribution in [0, 0.1) is 12.7 Å². The van der Waals surface area contributed by atoms with Gasteiger partial charge in [0.2, 0.25) is 15.9 Å². The minimum absolute atomic E-state index is 0.0980. The largest absolute Gasteiger partial charge is 0.324 e. The Balaban J connectivity index is 2.08. The highest BCUT2D eigenvalue weighted by molar-refractivity contribution is 7.91. The van der Waals surface area contributed by atoms with Gasteiger partial charge in [-0.25, -0.2) is 25.9 Å². The smallest absolute Gasteiger partial charge is 0.252 e. The van der Waals surface area contributed by atoms with Crippen LogP contribution in [0.25, 0.3) is 0 Å². The van der Waals surface area contributed by atoms with Crippen LogP contribution in [-0.2, 0) is 24.8 Å². The fourth-order valence-electron chi connectivity index (χ4n) is 2.45. The molecule has 2 aromatic rings. The van der Waals surface area contributed by atoms with Gasteiger partial charge in [-0.1, -0.05) is 13.8 Å². The molecular weight excluding hydrogens is 441 g/mol. The quantitative estimate of drug-likeness (QED) is 0.592. The second-order valence-corrected chi connectivity index (χ2v) is 11.1. The minimum Gasteiger partial charge on any atom is -0.324 e. The van der Waals surface area contributed by atoms with Gasteiger partial charge in [0.25, 0.3) is 10.0 Å². The zero-order chi connectivity index (χ0) is 21.8. The number of rotatable bonds is 9. The number of hydrogen-bond acceptors (Lipinski definition) is 6. The summed E-state index contributed by atoms with van der Waals surface area (Å²) >= 11 is 1.03. The second kappa shape index (κ2) is 9.30. The van der Waals surface area contributed by atoms with E-state index in [9.17, 15) is 26.0 Å². The first-order valence-electron chi connectivity index (χ1n) is 8.67. The molecule has 0 atom stereocenters. The van der Waals surface area contributed by atoms with E-state index in [-0.39, 0.29) is 9.10 Å². The monoisotopic (exact) mass is 463 g/mol. The lowest BCUT2D eigenvalue weighted by Gasteiger charge is -2.16. The van der Waals surface area contributed by atoms with E-state index >= 15 is 0 Å². The van der Waals surface area contributed by atoms with Gasteiger partial charge in [-0.15, -0.1) is 11.3 Å². The predicted molar refractivity (Wildman–Crippen MR) is 109 cm³/mol. The van der Waals surface area contributed by atoms with E-state index in [1.165, 1.54) is 10.4 Å². The summed E-state index contributed by atoms with van der Waals surface area (Å²) in [7, 11) is -7.64. The van der Waals surface area contributed by atoms with Crippen molar-refractivity contribution >= 4 is 43.0 Å². The lowest BCUT2D eigenvalue weighted by Crippen LogP contribution is -2.33. The Morgan fingerprint density at radius 3 is 2.24 bits per heavy atom. The molecule has 12 heteroatoms. The van der Waals surface area contributed by atoms with Gasteiger partial charge in [0.05, 0.1) is 17.1 Å². The summed E-state index contributed by atoms with van der Waals surface area (Å²) in [5.41, 5.74) is 0.298. The minimum atomic E-state index is -3.99. The van der Waals surface area contributed by atoms with Crippen LogP contribution < -0.4 is 10.0 Å². The van der Waals surface area contributed by atoms with Crippen LogP contribution in [-0.4, -0.2) is 46.7 Å². The van der Waals surface area contributed by atoms with E-state index in [0.717, 1.165) is 35.6 Å². The molecule has 0 aliphatic rings. The average Bonchev–Trinajstić information content (AvgIpc) is 3.02. The number of aryl methyl sites for hydroxylation is 1. The van der Waals surface area contributed by atoms with Gasteiger partial charge in [0, 0.05) is 18.0 Å². The third kappa shape index (κ3) is 5.60. The zero-order valence-electron chi connectivity index (χ0n) is 16.1. The molecule has 0 bridgehead atoms. The van der Waals surface area contributed by atoms with Crippen LogP contribution >= 0.6 is 11.3 Å². The molecular formula is C17H22FN3O5S3. The highest BCUT2D eigenvalue weighted by atomic mass is 32.2. The Bertz CT molecular complexity index is 1080. The third-order valence-corrected chi connectivity index (χ3v) is 8.98. The fraction of sp³-hybridized carbons (Fsp3) is 0.353. The number of thiophene rings is 1. The molecule has 1 aromatic heterocycles. The van der Waals surface area contributed by atoms with Crippen molar-refractivity contribution in [1.29, 1.82) is 0 Å². The summed E-state index contributed by atoms with van der Waals surface area (Å²) in [6.45, 7) is 5.21. The first-order chi connectivity index (χ1) is 13.5. The van der Waals surface area contributed by atoms with Crippen molar-refractivity contribution in [2.75, 3.05) is 25.0 Å². The molecule has 160 valence electrons. The highest BCUT2D eigenvalue weighted by Gasteiger charge is 2.25. The maximum Gasteiger partial charge on any atom is 0.252 e. The van der Waals surface area contributed by atoms with E-state index in [2.05, 4.69) is 10.0 Å². The molecule has 1 heterocycles. The molecule has 0 spiro atoms. The van der Waals surface area contributed by atoms with E-state index in [0.29, 0.717) is 23.7 Å². The summed E-state index contributed by atoms with van der Waals surface area (Å²) in [5, 5.41) is 2.51. The summed E-state index contributed by atoms with van der Waals surface area (Å²) in [5.74, 6) is -1.24. The van der Waals surface area contributed by atoms with Crippen molar-refractivity contribution in [2.45, 2.75) is 29.9 Å². The molecule has 2 N–H and O–H groups in total. The number of nitrogens with zero attached hydrogens (tertiary/aromatic N) is 1. The Morgan fingerprint density at radius 2 is 1.69 bits per heavy atom. The maximum atomic E-state index is 12.9. The molecule has 1 aromatic carbocycles. The predicted octanol–water partition coefficient (Wildman–Crippen LogP) is 2.14. The van der Waals surface area contributed by atoms with E-state index in [1.807, 2.05) is 0 Å². The van der Waals surface area contributed by atoms with Crippen molar-refractivity contribution < 1.29 is 26.0 Å². The lowest BCUT2D eigenvalue weighted by molar-refractivity contribution is -0.115. The number of amides is 1. The summed E-state index contributed by atoms with van der Waals surface area (Å²) in [6, 6.07) is 5.54. The van der Waals surface area contributed by atoms with Crippen molar-refractivity contribution in [2.24, 2.45) is 0 Å². The fourth-order valence-corrected chi connectivity index (χ4v) is 6.44. The lowest BCUT2D eigenvalue weighted by atomic mass is 10.4. The van der Waals surface area contributed by atoms with Gasteiger partial charge in [-0.05, 0) is 37.3 Å². The zero-order valence-corrected chi connectivity index (χ0v) is 18.5. The first kappa shape index (κ1) is 23.4. The van der Waals surface area contributed by atoms with Crippen LogP contribution in [0.4, 0.5) is 10.1 Å². The number of halogens is 1. The number of anilines is 1. The summed E-state index contributed by atoms with van der Waals surface area (Å²) in [4.78, 5) is 12.5. The van der Waals surface area contributed by atoms with Crippen LogP contribution in [0.3, 0.4) is 0 Å².